The number of benzene rings is 2. The van der Waals surface area contributed by atoms with Crippen molar-refractivity contribution in [3.05, 3.63) is 63.7 Å². The number of rotatable bonds is 4. The number of aromatic carboxylic acids is 2. The molecule has 0 saturated carbocycles. The fraction of sp³-hybridized carbons (Fsp3) is 0.0556. The van der Waals surface area contributed by atoms with Crippen LogP contribution in [0.1, 0.15) is 26.3 Å². The summed E-state index contributed by atoms with van der Waals surface area (Å²) in [7, 11) is 0. The molecule has 3 aromatic rings. The topological polar surface area (TPSA) is 87.5 Å². The van der Waals surface area contributed by atoms with E-state index in [-0.39, 0.29) is 22.4 Å². The second-order valence-corrected chi connectivity index (χ2v) is 6.08. The lowest BCUT2D eigenvalue weighted by atomic mass is 9.87. The van der Waals surface area contributed by atoms with Gasteiger partial charge in [0.25, 0.3) is 0 Å². The largest absolute Gasteiger partial charge is 0.478 e. The lowest BCUT2D eigenvalue weighted by molar-refractivity contribution is 0.0695. The first-order valence-corrected chi connectivity index (χ1v) is 8.13. The van der Waals surface area contributed by atoms with E-state index in [9.17, 15) is 24.2 Å². The van der Waals surface area contributed by atoms with E-state index in [2.05, 4.69) is 4.98 Å². The first kappa shape index (κ1) is 16.8. The third-order valence-electron chi connectivity index (χ3n) is 3.80. The molecule has 0 radical (unpaired) electrons. The molecule has 0 aliphatic rings. The third-order valence-corrected chi connectivity index (χ3v) is 4.38. The van der Waals surface area contributed by atoms with Gasteiger partial charge in [0.15, 0.2) is 0 Å². The summed E-state index contributed by atoms with van der Waals surface area (Å²) in [4.78, 5) is 27.8. The van der Waals surface area contributed by atoms with Crippen LogP contribution in [-0.4, -0.2) is 27.1 Å². The van der Waals surface area contributed by atoms with E-state index in [4.69, 9.17) is 0 Å². The van der Waals surface area contributed by atoms with Crippen LogP contribution in [0.4, 0.5) is 4.39 Å². The number of nitrogens with zero attached hydrogens (tertiary/aromatic N) is 1. The molecule has 25 heavy (non-hydrogen) atoms. The van der Waals surface area contributed by atoms with Gasteiger partial charge in [-0.1, -0.05) is 12.1 Å². The molecule has 0 saturated heterocycles. The van der Waals surface area contributed by atoms with E-state index >= 15 is 0 Å². The summed E-state index contributed by atoms with van der Waals surface area (Å²) in [6.45, 7) is 1.60. The summed E-state index contributed by atoms with van der Waals surface area (Å²) >= 11 is 1.24. The van der Waals surface area contributed by atoms with Crippen LogP contribution in [0.15, 0.2) is 41.2 Å². The molecule has 0 unspecified atom stereocenters. The van der Waals surface area contributed by atoms with E-state index < -0.39 is 17.8 Å². The van der Waals surface area contributed by atoms with Gasteiger partial charge < -0.3 is 10.2 Å². The van der Waals surface area contributed by atoms with Crippen molar-refractivity contribution in [1.82, 2.24) is 4.98 Å². The highest BCUT2D eigenvalue weighted by atomic mass is 32.1. The Labute approximate surface area is 146 Å². The zero-order valence-corrected chi connectivity index (χ0v) is 13.8. The number of thiazole rings is 1. The van der Waals surface area contributed by atoms with Crippen molar-refractivity contribution in [2.24, 2.45) is 0 Å². The summed E-state index contributed by atoms with van der Waals surface area (Å²) < 4.78 is 13.2. The first-order chi connectivity index (χ1) is 11.9. The van der Waals surface area contributed by atoms with Crippen molar-refractivity contribution in [2.45, 2.75) is 6.92 Å². The van der Waals surface area contributed by atoms with Crippen LogP contribution in [-0.2, 0) is 0 Å². The van der Waals surface area contributed by atoms with E-state index in [0.29, 0.717) is 16.7 Å². The number of aromatic nitrogens is 1. The zero-order chi connectivity index (χ0) is 18.1. The number of hydrogen-bond donors (Lipinski definition) is 2. The van der Waals surface area contributed by atoms with Crippen molar-refractivity contribution in [1.29, 1.82) is 0 Å². The Bertz CT molecular complexity index is 966. The molecule has 5 nitrogen and oxygen atoms in total. The van der Waals surface area contributed by atoms with E-state index in [1.165, 1.54) is 47.2 Å². The van der Waals surface area contributed by atoms with Crippen LogP contribution < -0.4 is 0 Å². The van der Waals surface area contributed by atoms with Gasteiger partial charge in [0.2, 0.25) is 0 Å². The van der Waals surface area contributed by atoms with Crippen molar-refractivity contribution in [3.63, 3.8) is 0 Å². The molecule has 2 N–H and O–H groups in total. The standard InChI is InChI=1S/C18H12FNO4S/c1-9-6-12(10-2-4-11(19)5-3-10)15(18(23)24)16(14(9)17(21)22)13-7-25-8-20-13/h2-8H,1H3,(H,21,22)(H,23,24). The Morgan fingerprint density at radius 2 is 1.72 bits per heavy atom. The van der Waals surface area contributed by atoms with Gasteiger partial charge in [-0.2, -0.15) is 0 Å². The van der Waals surface area contributed by atoms with Crippen LogP contribution in [0, 0.1) is 12.7 Å². The number of carbonyl (C=O) groups is 2. The van der Waals surface area contributed by atoms with E-state index in [1.807, 2.05) is 0 Å². The monoisotopic (exact) mass is 357 g/mol. The molecular weight excluding hydrogens is 345 g/mol. The molecule has 126 valence electrons. The van der Waals surface area contributed by atoms with Crippen LogP contribution in [0.2, 0.25) is 0 Å². The van der Waals surface area contributed by atoms with Crippen molar-refractivity contribution < 1.29 is 24.2 Å². The van der Waals surface area contributed by atoms with Crippen molar-refractivity contribution in [3.8, 4) is 22.4 Å². The van der Waals surface area contributed by atoms with Crippen LogP contribution in [0.5, 0.6) is 0 Å². The van der Waals surface area contributed by atoms with Gasteiger partial charge in [0, 0.05) is 10.9 Å². The minimum Gasteiger partial charge on any atom is -0.478 e. The molecule has 0 amide bonds. The molecule has 0 spiro atoms. The molecule has 7 heteroatoms. The maximum atomic E-state index is 13.2. The van der Waals surface area contributed by atoms with E-state index in [0.717, 1.165) is 0 Å². The van der Waals surface area contributed by atoms with Crippen LogP contribution >= 0.6 is 11.3 Å². The molecule has 2 aromatic carbocycles. The number of aryl methyl sites for hydroxylation is 1. The predicted octanol–water partition coefficient (Wildman–Crippen LogP) is 4.32. The smallest absolute Gasteiger partial charge is 0.337 e. The Hall–Kier alpha value is -3.06. The van der Waals surface area contributed by atoms with E-state index in [1.54, 1.807) is 12.3 Å². The number of halogens is 1. The van der Waals surface area contributed by atoms with Gasteiger partial charge in [-0.15, -0.1) is 11.3 Å². The second-order valence-electron chi connectivity index (χ2n) is 5.36. The highest BCUT2D eigenvalue weighted by Gasteiger charge is 2.27. The predicted molar refractivity (Wildman–Crippen MR) is 91.6 cm³/mol. The number of carboxylic acid groups (broad SMARTS) is 2. The Kier molecular flexibility index (Phi) is 4.33. The van der Waals surface area contributed by atoms with Gasteiger partial charge >= 0.3 is 11.9 Å². The van der Waals surface area contributed by atoms with Gasteiger partial charge in [0.05, 0.1) is 22.3 Å². The summed E-state index contributed by atoms with van der Waals surface area (Å²) in [5.41, 5.74) is 2.78. The Morgan fingerprint density at radius 3 is 2.24 bits per heavy atom. The third kappa shape index (κ3) is 3.01. The highest BCUT2D eigenvalue weighted by Crippen LogP contribution is 2.37. The van der Waals surface area contributed by atoms with Gasteiger partial charge in [-0.25, -0.2) is 19.0 Å². The molecule has 1 heterocycles. The Morgan fingerprint density at radius 1 is 1.08 bits per heavy atom. The fourth-order valence-corrected chi connectivity index (χ4v) is 3.31. The minimum absolute atomic E-state index is 0.0561. The lowest BCUT2D eigenvalue weighted by Gasteiger charge is -2.16. The van der Waals surface area contributed by atoms with Gasteiger partial charge in [-0.05, 0) is 41.8 Å². The molecule has 3 rings (SSSR count). The number of carboxylic acids is 2. The summed E-state index contributed by atoms with van der Waals surface area (Å²) in [6, 6.07) is 6.87. The summed E-state index contributed by atoms with van der Waals surface area (Å²) in [6.07, 6.45) is 0. The number of hydrogen-bond acceptors (Lipinski definition) is 4. The lowest BCUT2D eigenvalue weighted by Crippen LogP contribution is -2.11. The van der Waals surface area contributed by atoms with Crippen molar-refractivity contribution in [2.75, 3.05) is 0 Å². The fourth-order valence-electron chi connectivity index (χ4n) is 2.76. The van der Waals surface area contributed by atoms with Gasteiger partial charge in [-0.3, -0.25) is 0 Å². The molecule has 0 aliphatic carbocycles. The molecule has 1 aromatic heterocycles. The SMILES string of the molecule is Cc1cc(-c2ccc(F)cc2)c(C(=O)O)c(-c2cscn2)c1C(=O)O. The molecule has 0 bridgehead atoms. The van der Waals surface area contributed by atoms with Crippen molar-refractivity contribution >= 4 is 23.3 Å². The summed E-state index contributed by atoms with van der Waals surface area (Å²) in [5.74, 6) is -2.95. The molecular formula is C18H12FNO4S. The maximum absolute atomic E-state index is 13.2. The van der Waals surface area contributed by atoms with Crippen LogP contribution in [0.25, 0.3) is 22.4 Å². The Balaban J connectivity index is 2.43. The average molecular weight is 357 g/mol. The quantitative estimate of drug-likeness (QED) is 0.726. The molecule has 0 aliphatic heterocycles. The maximum Gasteiger partial charge on any atom is 0.337 e. The average Bonchev–Trinajstić information content (AvgIpc) is 3.08. The zero-order valence-electron chi connectivity index (χ0n) is 13.0. The van der Waals surface area contributed by atoms with Crippen LogP contribution in [0.3, 0.4) is 0 Å². The minimum atomic E-state index is -1.27. The highest BCUT2D eigenvalue weighted by molar-refractivity contribution is 7.07. The van der Waals surface area contributed by atoms with Gasteiger partial charge in [0.1, 0.15) is 5.82 Å². The second kappa shape index (κ2) is 6.45. The molecule has 0 atom stereocenters. The summed E-state index contributed by atoms with van der Waals surface area (Å²) in [5, 5.41) is 20.9. The molecule has 0 fully saturated rings. The first-order valence-electron chi connectivity index (χ1n) is 7.19. The normalized spacial score (nSPS) is 10.6.